The van der Waals surface area contributed by atoms with Gasteiger partial charge in [0.05, 0.1) is 13.3 Å². The molecule has 5 heteroatoms. The van der Waals surface area contributed by atoms with Crippen molar-refractivity contribution in [3.8, 4) is 11.6 Å². The maximum Gasteiger partial charge on any atom is 0.258 e. The number of aromatic nitrogens is 3. The lowest BCUT2D eigenvalue weighted by Crippen LogP contribution is -2.05. The van der Waals surface area contributed by atoms with Crippen LogP contribution < -0.4 is 9.47 Å². The first-order chi connectivity index (χ1) is 13.7. The summed E-state index contributed by atoms with van der Waals surface area (Å²) >= 11 is 0. The van der Waals surface area contributed by atoms with Crippen LogP contribution in [0.25, 0.3) is 10.9 Å². The smallest absolute Gasteiger partial charge is 0.258 e. The molecule has 0 amide bonds. The van der Waals surface area contributed by atoms with Crippen molar-refractivity contribution in [3.63, 3.8) is 0 Å². The second-order valence-electron chi connectivity index (χ2n) is 6.83. The minimum Gasteiger partial charge on any atom is -0.497 e. The van der Waals surface area contributed by atoms with Crippen LogP contribution in [0, 0.1) is 13.8 Å². The van der Waals surface area contributed by atoms with Gasteiger partial charge in [0, 0.05) is 17.6 Å². The molecule has 0 saturated carbocycles. The third-order valence-electron chi connectivity index (χ3n) is 5.11. The van der Waals surface area contributed by atoms with Crippen molar-refractivity contribution < 1.29 is 9.47 Å². The molecule has 2 heterocycles. The van der Waals surface area contributed by atoms with E-state index in [1.165, 1.54) is 16.8 Å². The maximum atomic E-state index is 6.10. The summed E-state index contributed by atoms with van der Waals surface area (Å²) in [5.74, 6) is 1.36. The number of rotatable bonds is 6. The molecule has 0 spiro atoms. The monoisotopic (exact) mass is 373 g/mol. The predicted octanol–water partition coefficient (Wildman–Crippen LogP) is 4.68. The zero-order valence-corrected chi connectivity index (χ0v) is 16.3. The van der Waals surface area contributed by atoms with E-state index >= 15 is 0 Å². The van der Waals surface area contributed by atoms with E-state index < -0.39 is 0 Å². The van der Waals surface area contributed by atoms with Crippen LogP contribution >= 0.6 is 0 Å². The van der Waals surface area contributed by atoms with Gasteiger partial charge in [0.1, 0.15) is 17.9 Å². The number of methoxy groups -OCH3 is 1. The standard InChI is InChI=1S/C23H23N3O2/c1-16-17(2)26(14-18-8-5-4-6-9-18)22-21(16)13-24-25-23(22)28-15-19-10-7-11-20(12-19)27-3/h4-13H,14-15H2,1-3H3. The lowest BCUT2D eigenvalue weighted by atomic mass is 10.2. The summed E-state index contributed by atoms with van der Waals surface area (Å²) in [5.41, 5.74) is 5.63. The quantitative estimate of drug-likeness (QED) is 0.492. The maximum absolute atomic E-state index is 6.10. The van der Waals surface area contributed by atoms with E-state index in [0.29, 0.717) is 12.5 Å². The van der Waals surface area contributed by atoms with Gasteiger partial charge in [0.2, 0.25) is 0 Å². The molecule has 0 fully saturated rings. The van der Waals surface area contributed by atoms with E-state index in [2.05, 4.69) is 52.9 Å². The van der Waals surface area contributed by atoms with Gasteiger partial charge in [0.25, 0.3) is 5.88 Å². The third kappa shape index (κ3) is 3.43. The van der Waals surface area contributed by atoms with Gasteiger partial charge in [-0.1, -0.05) is 42.5 Å². The van der Waals surface area contributed by atoms with Crippen LogP contribution in [0.1, 0.15) is 22.4 Å². The van der Waals surface area contributed by atoms with Crippen molar-refractivity contribution in [3.05, 3.63) is 83.2 Å². The van der Waals surface area contributed by atoms with Crippen molar-refractivity contribution in [2.24, 2.45) is 0 Å². The molecule has 28 heavy (non-hydrogen) atoms. The molecule has 0 unspecified atom stereocenters. The first-order valence-corrected chi connectivity index (χ1v) is 9.28. The molecule has 0 N–H and O–H groups in total. The fourth-order valence-corrected chi connectivity index (χ4v) is 3.44. The number of hydrogen-bond donors (Lipinski definition) is 0. The number of aryl methyl sites for hydroxylation is 1. The summed E-state index contributed by atoms with van der Waals surface area (Å²) in [6, 6.07) is 18.3. The molecule has 142 valence electrons. The van der Waals surface area contributed by atoms with Crippen molar-refractivity contribution in [1.29, 1.82) is 0 Å². The molecule has 4 aromatic rings. The first-order valence-electron chi connectivity index (χ1n) is 9.28. The molecule has 2 aromatic carbocycles. The highest BCUT2D eigenvalue weighted by Gasteiger charge is 2.17. The number of nitrogens with zero attached hydrogens (tertiary/aromatic N) is 3. The fourth-order valence-electron chi connectivity index (χ4n) is 3.44. The van der Waals surface area contributed by atoms with E-state index in [1.54, 1.807) is 7.11 Å². The molecule has 0 atom stereocenters. The van der Waals surface area contributed by atoms with Gasteiger partial charge in [-0.25, -0.2) is 0 Å². The van der Waals surface area contributed by atoms with Crippen LogP contribution in [0.15, 0.2) is 60.8 Å². The Hall–Kier alpha value is -3.34. The molecule has 0 radical (unpaired) electrons. The Bertz CT molecular complexity index is 1100. The van der Waals surface area contributed by atoms with Crippen LogP contribution in [0.2, 0.25) is 0 Å². The highest BCUT2D eigenvalue weighted by Crippen LogP contribution is 2.31. The summed E-state index contributed by atoms with van der Waals surface area (Å²) in [6.07, 6.45) is 1.82. The minimum absolute atomic E-state index is 0.402. The molecule has 0 aliphatic carbocycles. The molecular formula is C23H23N3O2. The fraction of sp³-hybridized carbons (Fsp3) is 0.217. The lowest BCUT2D eigenvalue weighted by Gasteiger charge is -2.12. The van der Waals surface area contributed by atoms with Crippen LogP contribution in [-0.2, 0) is 13.2 Å². The van der Waals surface area contributed by atoms with Crippen LogP contribution in [-0.4, -0.2) is 21.9 Å². The van der Waals surface area contributed by atoms with E-state index in [4.69, 9.17) is 9.47 Å². The van der Waals surface area contributed by atoms with Crippen LogP contribution in [0.4, 0.5) is 0 Å². The number of ether oxygens (including phenoxy) is 2. The molecular weight excluding hydrogens is 350 g/mol. The van der Waals surface area contributed by atoms with E-state index in [-0.39, 0.29) is 0 Å². The van der Waals surface area contributed by atoms with Crippen LogP contribution in [0.5, 0.6) is 11.6 Å². The Morgan fingerprint density at radius 2 is 1.75 bits per heavy atom. The SMILES string of the molecule is COc1cccc(COc2nncc3c(C)c(C)n(Cc4ccccc4)c23)c1. The van der Waals surface area contributed by atoms with Crippen molar-refractivity contribution in [2.75, 3.05) is 7.11 Å². The average molecular weight is 373 g/mol. The van der Waals surface area contributed by atoms with Crippen molar-refractivity contribution in [1.82, 2.24) is 14.8 Å². The van der Waals surface area contributed by atoms with Gasteiger partial charge < -0.3 is 14.0 Å². The van der Waals surface area contributed by atoms with E-state index in [1.807, 2.05) is 36.5 Å². The molecule has 5 nitrogen and oxygen atoms in total. The van der Waals surface area contributed by atoms with Crippen molar-refractivity contribution >= 4 is 10.9 Å². The molecule has 4 rings (SSSR count). The zero-order valence-electron chi connectivity index (χ0n) is 16.3. The number of benzene rings is 2. The topological polar surface area (TPSA) is 49.2 Å². The Morgan fingerprint density at radius 3 is 2.54 bits per heavy atom. The summed E-state index contributed by atoms with van der Waals surface area (Å²) in [5, 5.41) is 9.54. The summed E-state index contributed by atoms with van der Waals surface area (Å²) in [7, 11) is 1.66. The largest absolute Gasteiger partial charge is 0.497 e. The summed E-state index contributed by atoms with van der Waals surface area (Å²) in [6.45, 7) is 5.41. The summed E-state index contributed by atoms with van der Waals surface area (Å²) < 4.78 is 13.7. The Morgan fingerprint density at radius 1 is 0.964 bits per heavy atom. The minimum atomic E-state index is 0.402. The molecule has 0 bridgehead atoms. The van der Waals surface area contributed by atoms with Gasteiger partial charge in [0.15, 0.2) is 0 Å². The van der Waals surface area contributed by atoms with E-state index in [0.717, 1.165) is 28.8 Å². The average Bonchev–Trinajstić information content (AvgIpc) is 2.98. The Kier molecular flexibility index (Phi) is 4.98. The highest BCUT2D eigenvalue weighted by molar-refractivity contribution is 5.88. The summed E-state index contributed by atoms with van der Waals surface area (Å²) in [4.78, 5) is 0. The molecule has 0 aliphatic heterocycles. The van der Waals surface area contributed by atoms with Crippen LogP contribution in [0.3, 0.4) is 0 Å². The van der Waals surface area contributed by atoms with Crippen molar-refractivity contribution in [2.45, 2.75) is 27.0 Å². The molecule has 0 saturated heterocycles. The second-order valence-corrected chi connectivity index (χ2v) is 6.83. The molecule has 2 aromatic heterocycles. The van der Waals surface area contributed by atoms with Gasteiger partial charge in [-0.05, 0) is 42.7 Å². The number of hydrogen-bond acceptors (Lipinski definition) is 4. The van der Waals surface area contributed by atoms with Gasteiger partial charge in [-0.2, -0.15) is 5.10 Å². The highest BCUT2D eigenvalue weighted by atomic mass is 16.5. The van der Waals surface area contributed by atoms with Gasteiger partial charge in [-0.3, -0.25) is 0 Å². The van der Waals surface area contributed by atoms with Gasteiger partial charge >= 0.3 is 0 Å². The lowest BCUT2D eigenvalue weighted by molar-refractivity contribution is 0.292. The van der Waals surface area contributed by atoms with Gasteiger partial charge in [-0.15, -0.1) is 5.10 Å². The third-order valence-corrected chi connectivity index (χ3v) is 5.11. The first kappa shape index (κ1) is 18.0. The Balaban J connectivity index is 1.71. The Labute approximate surface area is 164 Å². The normalized spacial score (nSPS) is 11.0. The second kappa shape index (κ2) is 7.72. The predicted molar refractivity (Wildman–Crippen MR) is 110 cm³/mol. The molecule has 0 aliphatic rings. The zero-order chi connectivity index (χ0) is 19.5. The van der Waals surface area contributed by atoms with E-state index in [9.17, 15) is 0 Å². The number of fused-ring (bicyclic) bond motifs is 1.